The molecule has 4 aromatic rings. The molecule has 9 heteroatoms. The van der Waals surface area contributed by atoms with Crippen LogP contribution in [0.5, 0.6) is 5.75 Å². The molecule has 9 nitrogen and oxygen atoms in total. The van der Waals surface area contributed by atoms with Gasteiger partial charge in [-0.2, -0.15) is 9.97 Å². The van der Waals surface area contributed by atoms with E-state index in [1.807, 2.05) is 24.5 Å². The van der Waals surface area contributed by atoms with Crippen LogP contribution in [0.1, 0.15) is 50.7 Å². The van der Waals surface area contributed by atoms with Crippen molar-refractivity contribution in [3.05, 3.63) is 72.1 Å². The fraction of sp³-hybridized carbons (Fsp3) is 0.438. The molecule has 5 rings (SSSR count). The summed E-state index contributed by atoms with van der Waals surface area (Å²) in [5.41, 5.74) is 4.03. The lowest BCUT2D eigenvalue weighted by Gasteiger charge is -2.34. The predicted octanol–water partition coefficient (Wildman–Crippen LogP) is 6.13. The van der Waals surface area contributed by atoms with Crippen molar-refractivity contribution in [2.75, 3.05) is 42.9 Å². The summed E-state index contributed by atoms with van der Waals surface area (Å²) in [6.45, 7) is 10.4. The molecule has 0 radical (unpaired) electrons. The van der Waals surface area contributed by atoms with Crippen molar-refractivity contribution in [1.29, 1.82) is 0 Å². The van der Waals surface area contributed by atoms with Gasteiger partial charge in [0, 0.05) is 32.7 Å². The second-order valence-corrected chi connectivity index (χ2v) is 10.9. The molecule has 2 aromatic heterocycles. The van der Waals surface area contributed by atoms with Crippen LogP contribution in [0.3, 0.4) is 0 Å². The van der Waals surface area contributed by atoms with Gasteiger partial charge in [0.2, 0.25) is 5.95 Å². The number of fused-ring (bicyclic) bond motifs is 1. The number of nitrogens with one attached hydrogen (secondary N) is 1. The first-order valence-electron chi connectivity index (χ1n) is 14.8. The van der Waals surface area contributed by atoms with Crippen molar-refractivity contribution in [3.63, 3.8) is 0 Å². The molecule has 1 fully saturated rings. The zero-order chi connectivity index (χ0) is 28.6. The van der Waals surface area contributed by atoms with Gasteiger partial charge in [-0.1, -0.05) is 81.1 Å². The lowest BCUT2D eigenvalue weighted by Crippen LogP contribution is -2.50. The van der Waals surface area contributed by atoms with E-state index in [0.717, 1.165) is 29.9 Å². The van der Waals surface area contributed by atoms with Crippen molar-refractivity contribution in [1.82, 2.24) is 24.4 Å². The van der Waals surface area contributed by atoms with Gasteiger partial charge in [0.25, 0.3) is 0 Å². The lowest BCUT2D eigenvalue weighted by molar-refractivity contribution is 0.149. The Bertz CT molecular complexity index is 1430. The summed E-state index contributed by atoms with van der Waals surface area (Å²) in [4.78, 5) is 31.4. The number of carbonyl (C=O) groups is 1. The van der Waals surface area contributed by atoms with E-state index in [0.29, 0.717) is 50.3 Å². The van der Waals surface area contributed by atoms with Crippen molar-refractivity contribution in [2.24, 2.45) is 5.92 Å². The van der Waals surface area contributed by atoms with Gasteiger partial charge in [-0.15, -0.1) is 0 Å². The highest BCUT2D eigenvalue weighted by atomic mass is 16.6. The zero-order valence-electron chi connectivity index (χ0n) is 24.4. The molecule has 216 valence electrons. The normalized spacial score (nSPS) is 14.3. The van der Waals surface area contributed by atoms with Crippen molar-refractivity contribution in [3.8, 4) is 5.75 Å². The Morgan fingerprint density at radius 2 is 1.83 bits per heavy atom. The van der Waals surface area contributed by atoms with E-state index in [9.17, 15) is 4.79 Å². The molecular formula is C32H41N7O2. The third kappa shape index (κ3) is 7.14. The van der Waals surface area contributed by atoms with E-state index in [1.165, 1.54) is 30.4 Å². The number of para-hydroxylation sites is 1. The van der Waals surface area contributed by atoms with Gasteiger partial charge in [0.05, 0.1) is 12.9 Å². The quantitative estimate of drug-likeness (QED) is 0.238. The Kier molecular flexibility index (Phi) is 9.33. The van der Waals surface area contributed by atoms with Gasteiger partial charge in [-0.05, 0) is 37.0 Å². The van der Waals surface area contributed by atoms with Crippen LogP contribution in [0.15, 0.2) is 60.9 Å². The van der Waals surface area contributed by atoms with Gasteiger partial charge in [-0.3, -0.25) is 0 Å². The first-order chi connectivity index (χ1) is 20.0. The van der Waals surface area contributed by atoms with Crippen molar-refractivity contribution >= 4 is 29.0 Å². The van der Waals surface area contributed by atoms with E-state index in [-0.39, 0.29) is 6.09 Å². The first-order valence-corrected chi connectivity index (χ1v) is 14.8. The average Bonchev–Trinajstić information content (AvgIpc) is 3.40. The summed E-state index contributed by atoms with van der Waals surface area (Å²) < 4.78 is 7.65. The number of amides is 1. The topological polar surface area (TPSA) is 88.4 Å². The molecule has 1 N–H and O–H groups in total. The number of aromatic nitrogens is 4. The second-order valence-electron chi connectivity index (χ2n) is 10.9. The molecule has 3 heterocycles. The Balaban J connectivity index is 1.36. The molecule has 0 spiro atoms. The van der Waals surface area contributed by atoms with Gasteiger partial charge < -0.3 is 24.4 Å². The number of piperazine rings is 1. The number of rotatable bonds is 11. The van der Waals surface area contributed by atoms with E-state index in [2.05, 4.69) is 59.8 Å². The molecule has 2 aromatic carbocycles. The largest absolute Gasteiger partial charge is 0.415 e. The van der Waals surface area contributed by atoms with Crippen LogP contribution in [0.2, 0.25) is 0 Å². The molecule has 0 saturated carbocycles. The molecule has 0 aliphatic carbocycles. The lowest BCUT2D eigenvalue weighted by atomic mass is 9.99. The van der Waals surface area contributed by atoms with Crippen LogP contribution >= 0.6 is 0 Å². The maximum absolute atomic E-state index is 12.7. The maximum atomic E-state index is 12.7. The number of ether oxygens (including phenoxy) is 1. The summed E-state index contributed by atoms with van der Waals surface area (Å²) in [5.74, 6) is 2.56. The SMILES string of the molecule is CCCCC(CC)CNc1nc(N2CCN(C(=O)Oc3ccccc3)CC2)nc2c1ncn2Cc1cccc(C)c1. The Morgan fingerprint density at radius 1 is 1.02 bits per heavy atom. The standard InChI is InChI=1S/C32H41N7O2/c1-4-6-12-25(5-2)21-33-29-28-30(39(23-34-28)22-26-13-10-11-24(3)20-26)36-31(35-29)37-16-18-38(19-17-37)32(40)41-27-14-8-7-9-15-27/h7-11,13-15,20,23,25H,4-6,12,16-19,21-22H2,1-3H3,(H,33,35,36). The van der Waals surface area contributed by atoms with Gasteiger partial charge >= 0.3 is 6.09 Å². The fourth-order valence-electron chi connectivity index (χ4n) is 5.25. The van der Waals surface area contributed by atoms with Gasteiger partial charge in [0.1, 0.15) is 5.75 Å². The summed E-state index contributed by atoms with van der Waals surface area (Å²) in [5, 5.41) is 3.63. The summed E-state index contributed by atoms with van der Waals surface area (Å²) in [6, 6.07) is 17.7. The summed E-state index contributed by atoms with van der Waals surface area (Å²) in [6.07, 6.45) is 6.28. The highest BCUT2D eigenvalue weighted by Gasteiger charge is 2.26. The second kappa shape index (κ2) is 13.5. The Hall–Kier alpha value is -4.14. The number of aryl methyl sites for hydroxylation is 1. The smallest absolute Gasteiger partial charge is 0.410 e. The number of nitrogens with zero attached hydrogens (tertiary/aromatic N) is 6. The number of benzene rings is 2. The third-order valence-corrected chi connectivity index (χ3v) is 7.76. The number of hydrogen-bond donors (Lipinski definition) is 1. The predicted molar refractivity (Wildman–Crippen MR) is 164 cm³/mol. The zero-order valence-corrected chi connectivity index (χ0v) is 24.4. The number of unbranched alkanes of at least 4 members (excludes halogenated alkanes) is 1. The summed E-state index contributed by atoms with van der Waals surface area (Å²) in [7, 11) is 0. The van der Waals surface area contributed by atoms with Gasteiger partial charge in [-0.25, -0.2) is 9.78 Å². The number of anilines is 2. The van der Waals surface area contributed by atoms with Crippen LogP contribution in [0.4, 0.5) is 16.6 Å². The molecule has 0 bridgehead atoms. The van der Waals surface area contributed by atoms with E-state index in [1.54, 1.807) is 17.0 Å². The molecule has 1 atom stereocenters. The van der Waals surface area contributed by atoms with Crippen LogP contribution < -0.4 is 15.0 Å². The minimum absolute atomic E-state index is 0.330. The van der Waals surface area contributed by atoms with E-state index in [4.69, 9.17) is 19.7 Å². The van der Waals surface area contributed by atoms with Crippen LogP contribution in [0, 0.1) is 12.8 Å². The Morgan fingerprint density at radius 3 is 2.56 bits per heavy atom. The molecule has 1 aliphatic rings. The molecule has 1 amide bonds. The Labute approximate surface area is 242 Å². The summed E-state index contributed by atoms with van der Waals surface area (Å²) >= 11 is 0. The molecule has 1 aliphatic heterocycles. The minimum atomic E-state index is -0.330. The maximum Gasteiger partial charge on any atom is 0.415 e. The van der Waals surface area contributed by atoms with Crippen LogP contribution in [0.25, 0.3) is 11.2 Å². The molecule has 1 unspecified atom stereocenters. The number of imidazole rings is 1. The molecule has 1 saturated heterocycles. The number of hydrogen-bond acceptors (Lipinski definition) is 7. The first kappa shape index (κ1) is 28.4. The van der Waals surface area contributed by atoms with Crippen LogP contribution in [-0.2, 0) is 6.54 Å². The van der Waals surface area contributed by atoms with Crippen molar-refractivity contribution in [2.45, 2.75) is 53.0 Å². The van der Waals surface area contributed by atoms with E-state index >= 15 is 0 Å². The number of carbonyl (C=O) groups excluding carboxylic acids is 1. The molecular weight excluding hydrogens is 514 g/mol. The monoisotopic (exact) mass is 555 g/mol. The fourth-order valence-corrected chi connectivity index (χ4v) is 5.25. The van der Waals surface area contributed by atoms with Crippen molar-refractivity contribution < 1.29 is 9.53 Å². The third-order valence-electron chi connectivity index (χ3n) is 7.76. The van der Waals surface area contributed by atoms with Gasteiger partial charge in [0.15, 0.2) is 17.0 Å². The molecule has 41 heavy (non-hydrogen) atoms. The highest BCUT2D eigenvalue weighted by Crippen LogP contribution is 2.25. The van der Waals surface area contributed by atoms with Crippen LogP contribution in [-0.4, -0.2) is 63.2 Å². The average molecular weight is 556 g/mol. The van der Waals surface area contributed by atoms with E-state index < -0.39 is 0 Å². The highest BCUT2D eigenvalue weighted by molar-refractivity contribution is 5.84. The minimum Gasteiger partial charge on any atom is -0.410 e.